The van der Waals surface area contributed by atoms with Crippen molar-refractivity contribution in [3.05, 3.63) is 64.7 Å². The summed E-state index contributed by atoms with van der Waals surface area (Å²) in [6, 6.07) is 5.76. The Bertz CT molecular complexity index is 992. The second-order valence-electron chi connectivity index (χ2n) is 6.41. The number of hydrogen-bond acceptors (Lipinski definition) is 4. The summed E-state index contributed by atoms with van der Waals surface area (Å²) in [7, 11) is 0. The predicted molar refractivity (Wildman–Crippen MR) is 97.1 cm³/mol. The average Bonchev–Trinajstić information content (AvgIpc) is 2.91. The van der Waals surface area contributed by atoms with Crippen molar-refractivity contribution in [3.8, 4) is 5.82 Å². The molecular formula is C19H18F3N5O. The van der Waals surface area contributed by atoms with E-state index in [0.717, 1.165) is 17.8 Å². The predicted octanol–water partition coefficient (Wildman–Crippen LogP) is 3.79. The maximum Gasteiger partial charge on any atom is 0.417 e. The largest absolute Gasteiger partial charge is 0.417 e. The highest BCUT2D eigenvalue weighted by molar-refractivity contribution is 5.91. The Balaban J connectivity index is 1.79. The van der Waals surface area contributed by atoms with Crippen LogP contribution in [0.2, 0.25) is 0 Å². The van der Waals surface area contributed by atoms with Crippen LogP contribution in [0.1, 0.15) is 28.1 Å². The molecule has 0 spiro atoms. The number of aromatic nitrogens is 4. The summed E-state index contributed by atoms with van der Waals surface area (Å²) in [4.78, 5) is 20.3. The van der Waals surface area contributed by atoms with Crippen molar-refractivity contribution in [1.29, 1.82) is 0 Å². The number of rotatable bonds is 4. The Labute approximate surface area is 159 Å². The van der Waals surface area contributed by atoms with Gasteiger partial charge in [0, 0.05) is 23.7 Å². The van der Waals surface area contributed by atoms with Crippen LogP contribution in [0.25, 0.3) is 5.82 Å². The first-order valence-corrected chi connectivity index (χ1v) is 8.46. The summed E-state index contributed by atoms with van der Waals surface area (Å²) in [6.45, 7) is 5.38. The van der Waals surface area contributed by atoms with Crippen molar-refractivity contribution in [1.82, 2.24) is 19.7 Å². The van der Waals surface area contributed by atoms with Gasteiger partial charge in [-0.1, -0.05) is 6.07 Å². The van der Waals surface area contributed by atoms with Crippen molar-refractivity contribution in [2.45, 2.75) is 33.4 Å². The summed E-state index contributed by atoms with van der Waals surface area (Å²) >= 11 is 0. The zero-order valence-corrected chi connectivity index (χ0v) is 15.5. The van der Waals surface area contributed by atoms with Crippen molar-refractivity contribution in [2.75, 3.05) is 5.32 Å². The highest BCUT2D eigenvalue weighted by Crippen LogP contribution is 2.29. The summed E-state index contributed by atoms with van der Waals surface area (Å²) < 4.78 is 39.5. The molecule has 6 nitrogen and oxygen atoms in total. The number of carbonyl (C=O) groups excluding carboxylic acids is 1. The molecule has 0 aliphatic heterocycles. The Morgan fingerprint density at radius 2 is 1.82 bits per heavy atom. The first-order valence-electron chi connectivity index (χ1n) is 8.46. The number of carbonyl (C=O) groups is 1. The molecule has 0 aromatic carbocycles. The summed E-state index contributed by atoms with van der Waals surface area (Å²) in [6.07, 6.45) is -1.97. The molecule has 0 unspecified atom stereocenters. The highest BCUT2D eigenvalue weighted by Gasteiger charge is 2.30. The molecule has 0 aliphatic rings. The fourth-order valence-electron chi connectivity index (χ4n) is 2.72. The topological polar surface area (TPSA) is 72.7 Å². The van der Waals surface area contributed by atoms with Crippen LogP contribution in [-0.4, -0.2) is 25.7 Å². The Hall–Kier alpha value is -3.23. The number of nitrogens with one attached hydrogen (secondary N) is 1. The lowest BCUT2D eigenvalue weighted by molar-refractivity contribution is -0.137. The third kappa shape index (κ3) is 4.19. The summed E-state index contributed by atoms with van der Waals surface area (Å²) in [5.74, 6) is 0.436. The second-order valence-corrected chi connectivity index (χ2v) is 6.41. The van der Waals surface area contributed by atoms with Crippen LogP contribution in [0.3, 0.4) is 0 Å². The number of pyridine rings is 2. The minimum absolute atomic E-state index is 0.0634. The van der Waals surface area contributed by atoms with Gasteiger partial charge >= 0.3 is 6.18 Å². The van der Waals surface area contributed by atoms with Gasteiger partial charge in [-0.15, -0.1) is 0 Å². The molecule has 0 saturated heterocycles. The van der Waals surface area contributed by atoms with E-state index in [-0.39, 0.29) is 18.1 Å². The van der Waals surface area contributed by atoms with Gasteiger partial charge in [-0.05, 0) is 44.5 Å². The van der Waals surface area contributed by atoms with Gasteiger partial charge in [0.05, 0.1) is 17.7 Å². The van der Waals surface area contributed by atoms with E-state index in [1.807, 2.05) is 13.0 Å². The summed E-state index contributed by atoms with van der Waals surface area (Å²) in [5, 5.41) is 7.04. The monoisotopic (exact) mass is 389 g/mol. The molecule has 1 amide bonds. The normalized spacial score (nSPS) is 11.5. The van der Waals surface area contributed by atoms with Gasteiger partial charge in [0.1, 0.15) is 5.82 Å². The number of amides is 1. The van der Waals surface area contributed by atoms with Gasteiger partial charge in [0.15, 0.2) is 5.82 Å². The Kier molecular flexibility index (Phi) is 5.17. The van der Waals surface area contributed by atoms with Gasteiger partial charge in [-0.25, -0.2) is 14.6 Å². The molecule has 1 N–H and O–H groups in total. The fourth-order valence-corrected chi connectivity index (χ4v) is 2.72. The molecule has 0 bridgehead atoms. The Morgan fingerprint density at radius 3 is 2.39 bits per heavy atom. The number of halogens is 3. The van der Waals surface area contributed by atoms with E-state index >= 15 is 0 Å². The first-order chi connectivity index (χ1) is 13.1. The van der Waals surface area contributed by atoms with Crippen molar-refractivity contribution in [3.63, 3.8) is 0 Å². The fraction of sp³-hybridized carbons (Fsp3) is 0.263. The quantitative estimate of drug-likeness (QED) is 0.737. The van der Waals surface area contributed by atoms with Gasteiger partial charge in [0.2, 0.25) is 5.91 Å². The van der Waals surface area contributed by atoms with E-state index in [1.165, 1.54) is 10.7 Å². The summed E-state index contributed by atoms with van der Waals surface area (Å²) in [5.41, 5.74) is 2.08. The molecule has 0 radical (unpaired) electrons. The van der Waals surface area contributed by atoms with Crippen molar-refractivity contribution in [2.24, 2.45) is 0 Å². The number of alkyl halides is 3. The third-order valence-electron chi connectivity index (χ3n) is 4.25. The average molecular weight is 389 g/mol. The number of hydrogen-bond donors (Lipinski definition) is 1. The lowest BCUT2D eigenvalue weighted by Crippen LogP contribution is -2.16. The van der Waals surface area contributed by atoms with Crippen LogP contribution in [0.15, 0.2) is 36.7 Å². The minimum Gasteiger partial charge on any atom is -0.310 e. The van der Waals surface area contributed by atoms with Crippen molar-refractivity contribution < 1.29 is 18.0 Å². The zero-order chi connectivity index (χ0) is 20.5. The minimum atomic E-state index is -4.45. The lowest BCUT2D eigenvalue weighted by Gasteiger charge is -2.08. The smallest absolute Gasteiger partial charge is 0.310 e. The Morgan fingerprint density at radius 1 is 1.07 bits per heavy atom. The van der Waals surface area contributed by atoms with Crippen LogP contribution < -0.4 is 5.32 Å². The van der Waals surface area contributed by atoms with E-state index in [9.17, 15) is 18.0 Å². The van der Waals surface area contributed by atoms with Crippen molar-refractivity contribution >= 4 is 11.7 Å². The van der Waals surface area contributed by atoms with E-state index in [2.05, 4.69) is 20.4 Å². The van der Waals surface area contributed by atoms with Crippen LogP contribution >= 0.6 is 0 Å². The van der Waals surface area contributed by atoms with Gasteiger partial charge < -0.3 is 5.32 Å². The molecule has 0 saturated carbocycles. The molecule has 28 heavy (non-hydrogen) atoms. The molecule has 0 fully saturated rings. The molecule has 9 heteroatoms. The SMILES string of the molecule is Cc1ccc(NC(=O)Cc2c(C)nn(-c3ccc(C(F)(F)F)cn3)c2C)nc1. The van der Waals surface area contributed by atoms with Crippen LogP contribution in [-0.2, 0) is 17.4 Å². The second kappa shape index (κ2) is 7.41. The van der Waals surface area contributed by atoms with Crippen LogP contribution in [0.4, 0.5) is 19.0 Å². The number of aryl methyl sites for hydroxylation is 2. The highest BCUT2D eigenvalue weighted by atomic mass is 19.4. The number of anilines is 1. The van der Waals surface area contributed by atoms with Gasteiger partial charge in [-0.2, -0.15) is 18.3 Å². The van der Waals surface area contributed by atoms with Gasteiger partial charge in [-0.3, -0.25) is 4.79 Å². The van der Waals surface area contributed by atoms with E-state index < -0.39 is 11.7 Å². The molecule has 3 aromatic rings. The van der Waals surface area contributed by atoms with E-state index in [0.29, 0.717) is 22.8 Å². The molecule has 0 atom stereocenters. The lowest BCUT2D eigenvalue weighted by atomic mass is 10.1. The molecule has 3 heterocycles. The molecule has 146 valence electrons. The molecule has 3 aromatic heterocycles. The van der Waals surface area contributed by atoms with Crippen LogP contribution in [0, 0.1) is 20.8 Å². The maximum atomic E-state index is 12.7. The molecule has 3 rings (SSSR count). The first kappa shape index (κ1) is 19.5. The third-order valence-corrected chi connectivity index (χ3v) is 4.25. The van der Waals surface area contributed by atoms with Gasteiger partial charge in [0.25, 0.3) is 0 Å². The van der Waals surface area contributed by atoms with E-state index in [1.54, 1.807) is 26.1 Å². The molecular weight excluding hydrogens is 371 g/mol. The standard InChI is InChI=1S/C19H18F3N5O/c1-11-4-6-16(23-9-11)25-18(28)8-15-12(2)26-27(13(15)3)17-7-5-14(10-24-17)19(20,21)22/h4-7,9-10H,8H2,1-3H3,(H,23,25,28). The van der Waals surface area contributed by atoms with E-state index in [4.69, 9.17) is 0 Å². The zero-order valence-electron chi connectivity index (χ0n) is 15.5. The maximum absolute atomic E-state index is 12.7. The molecule has 0 aliphatic carbocycles. The van der Waals surface area contributed by atoms with Crippen LogP contribution in [0.5, 0.6) is 0 Å². The number of nitrogens with zero attached hydrogens (tertiary/aromatic N) is 4.